The van der Waals surface area contributed by atoms with Crippen molar-refractivity contribution >= 4 is 5.78 Å². The summed E-state index contributed by atoms with van der Waals surface area (Å²) >= 11 is 0. The lowest BCUT2D eigenvalue weighted by Crippen LogP contribution is -2.42. The highest BCUT2D eigenvalue weighted by Gasteiger charge is 2.25. The molecule has 1 rings (SSSR count). The fourth-order valence-electron chi connectivity index (χ4n) is 2.58. The maximum Gasteiger partial charge on any atom is 0.147 e. The minimum Gasteiger partial charge on any atom is -0.373 e. The summed E-state index contributed by atoms with van der Waals surface area (Å²) < 4.78 is 6.00. The predicted molar refractivity (Wildman–Crippen MR) is 79.4 cm³/mol. The first-order valence-electron chi connectivity index (χ1n) is 7.47. The van der Waals surface area contributed by atoms with E-state index in [0.29, 0.717) is 24.9 Å². The van der Waals surface area contributed by atoms with E-state index in [9.17, 15) is 4.79 Å². The zero-order chi connectivity index (χ0) is 14.7. The van der Waals surface area contributed by atoms with Gasteiger partial charge in [0.2, 0.25) is 0 Å². The van der Waals surface area contributed by atoms with Crippen molar-refractivity contribution in [2.24, 2.45) is 5.41 Å². The highest BCUT2D eigenvalue weighted by molar-refractivity contribution is 5.81. The summed E-state index contributed by atoms with van der Waals surface area (Å²) in [6.45, 7) is 15.2. The third kappa shape index (κ3) is 7.68. The van der Waals surface area contributed by atoms with Crippen LogP contribution in [0.3, 0.4) is 0 Å². The van der Waals surface area contributed by atoms with Gasteiger partial charge in [0.25, 0.3) is 0 Å². The first kappa shape index (κ1) is 16.6. The third-order valence-electron chi connectivity index (χ3n) is 3.18. The Balaban J connectivity index is 2.29. The lowest BCUT2D eigenvalue weighted by molar-refractivity contribution is -0.123. The van der Waals surface area contributed by atoms with Gasteiger partial charge in [0.15, 0.2) is 0 Å². The van der Waals surface area contributed by atoms with Gasteiger partial charge in [-0.3, -0.25) is 9.69 Å². The molecule has 0 unspecified atom stereocenters. The van der Waals surface area contributed by atoms with Gasteiger partial charge in [-0.2, -0.15) is 0 Å². The molecule has 1 aliphatic heterocycles. The maximum atomic E-state index is 12.0. The molecule has 0 spiro atoms. The van der Waals surface area contributed by atoms with E-state index >= 15 is 0 Å². The average molecular weight is 269 g/mol. The summed E-state index contributed by atoms with van der Waals surface area (Å²) in [6.07, 6.45) is 3.11. The second-order valence-corrected chi connectivity index (χ2v) is 7.98. The first-order valence-corrected chi connectivity index (χ1v) is 7.47. The van der Waals surface area contributed by atoms with E-state index in [1.165, 1.54) is 0 Å². The zero-order valence-electron chi connectivity index (χ0n) is 13.6. The number of carbonyl (C=O) groups excluding carboxylic acids is 1. The molecule has 0 radical (unpaired) electrons. The fraction of sp³-hybridized carbons (Fsp3) is 0.938. The Labute approximate surface area is 118 Å². The molecule has 0 aromatic rings. The third-order valence-corrected chi connectivity index (χ3v) is 3.18. The monoisotopic (exact) mass is 269 g/mol. The zero-order valence-corrected chi connectivity index (χ0v) is 13.6. The molecule has 1 saturated heterocycles. The molecule has 0 bridgehead atoms. The van der Waals surface area contributed by atoms with Crippen LogP contribution in [0, 0.1) is 5.41 Å². The normalized spacial score (nSPS) is 19.7. The first-order chi connectivity index (χ1) is 8.55. The van der Waals surface area contributed by atoms with Crippen LogP contribution in [0.2, 0.25) is 0 Å². The largest absolute Gasteiger partial charge is 0.373 e. The Morgan fingerprint density at radius 3 is 2.05 bits per heavy atom. The number of hydrogen-bond acceptors (Lipinski definition) is 3. The number of Topliss-reactive ketones (excluding diaryl/α,β-unsaturated/α-hetero) is 1. The molecule has 0 amide bonds. The minimum absolute atomic E-state index is 0.0606. The minimum atomic E-state index is -0.0606. The Bertz CT molecular complexity index is 291. The molecule has 1 fully saturated rings. The maximum absolute atomic E-state index is 12.0. The number of piperidine rings is 1. The smallest absolute Gasteiger partial charge is 0.147 e. The molecule has 0 aromatic heterocycles. The summed E-state index contributed by atoms with van der Waals surface area (Å²) in [5.74, 6) is 0.364. The number of likely N-dealkylation sites (tertiary alicyclic amines) is 1. The average Bonchev–Trinajstić information content (AvgIpc) is 2.15. The molecule has 0 atom stereocenters. The van der Waals surface area contributed by atoms with Crippen LogP contribution in [0.25, 0.3) is 0 Å². The van der Waals surface area contributed by atoms with Crippen LogP contribution in [0.5, 0.6) is 0 Å². The van der Waals surface area contributed by atoms with Gasteiger partial charge >= 0.3 is 0 Å². The fourth-order valence-corrected chi connectivity index (χ4v) is 2.58. The molecular formula is C16H31NO2. The van der Waals surface area contributed by atoms with Crippen molar-refractivity contribution in [1.29, 1.82) is 0 Å². The highest BCUT2D eigenvalue weighted by atomic mass is 16.5. The van der Waals surface area contributed by atoms with Crippen LogP contribution >= 0.6 is 0 Å². The van der Waals surface area contributed by atoms with Crippen LogP contribution in [0.15, 0.2) is 0 Å². The molecule has 19 heavy (non-hydrogen) atoms. The van der Waals surface area contributed by atoms with E-state index in [1.807, 2.05) is 0 Å². The summed E-state index contributed by atoms with van der Waals surface area (Å²) in [5.41, 5.74) is 0.0413. The molecule has 3 heteroatoms. The Morgan fingerprint density at radius 2 is 1.63 bits per heavy atom. The number of rotatable bonds is 4. The van der Waals surface area contributed by atoms with Gasteiger partial charge in [-0.1, -0.05) is 20.8 Å². The molecule has 1 heterocycles. The van der Waals surface area contributed by atoms with Gasteiger partial charge in [-0.05, 0) is 39.0 Å². The Morgan fingerprint density at radius 1 is 1.11 bits per heavy atom. The van der Waals surface area contributed by atoms with Crippen molar-refractivity contribution in [3.8, 4) is 0 Å². The van der Waals surface area contributed by atoms with E-state index in [4.69, 9.17) is 4.74 Å². The van der Waals surface area contributed by atoms with E-state index in [0.717, 1.165) is 25.9 Å². The molecule has 0 aliphatic carbocycles. The second-order valence-electron chi connectivity index (χ2n) is 7.98. The van der Waals surface area contributed by atoms with Gasteiger partial charge in [0, 0.05) is 19.5 Å². The van der Waals surface area contributed by atoms with E-state index < -0.39 is 0 Å². The standard InChI is InChI=1S/C16H31NO2/c1-15(2,3)11-13(18)12-17-9-7-14(8-10-17)19-16(4,5)6/h14H,7-12H2,1-6H3. The van der Waals surface area contributed by atoms with Crippen LogP contribution in [-0.2, 0) is 9.53 Å². The number of hydrogen-bond donors (Lipinski definition) is 0. The van der Waals surface area contributed by atoms with Crippen LogP contribution in [0.4, 0.5) is 0 Å². The quantitative estimate of drug-likeness (QED) is 0.784. The lowest BCUT2D eigenvalue weighted by Gasteiger charge is -2.35. The van der Waals surface area contributed by atoms with Crippen molar-refractivity contribution < 1.29 is 9.53 Å². The molecule has 1 aliphatic rings. The summed E-state index contributed by atoms with van der Waals surface area (Å²) in [7, 11) is 0. The summed E-state index contributed by atoms with van der Waals surface area (Å²) in [6, 6.07) is 0. The SMILES string of the molecule is CC(C)(C)CC(=O)CN1CCC(OC(C)(C)C)CC1. The van der Waals surface area contributed by atoms with E-state index in [2.05, 4.69) is 46.4 Å². The number of carbonyl (C=O) groups is 1. The van der Waals surface area contributed by atoms with Crippen molar-refractivity contribution in [3.63, 3.8) is 0 Å². The van der Waals surface area contributed by atoms with Crippen molar-refractivity contribution in [2.75, 3.05) is 19.6 Å². The van der Waals surface area contributed by atoms with E-state index in [1.54, 1.807) is 0 Å². The summed E-state index contributed by atoms with van der Waals surface area (Å²) in [4.78, 5) is 14.2. The van der Waals surface area contributed by atoms with E-state index in [-0.39, 0.29) is 11.0 Å². The van der Waals surface area contributed by atoms with Crippen LogP contribution in [0.1, 0.15) is 60.8 Å². The Hall–Kier alpha value is -0.410. The van der Waals surface area contributed by atoms with Gasteiger partial charge in [-0.15, -0.1) is 0 Å². The van der Waals surface area contributed by atoms with Crippen molar-refractivity contribution in [3.05, 3.63) is 0 Å². The molecule has 112 valence electrons. The van der Waals surface area contributed by atoms with Gasteiger partial charge in [-0.25, -0.2) is 0 Å². The topological polar surface area (TPSA) is 29.5 Å². The molecular weight excluding hydrogens is 238 g/mol. The van der Waals surface area contributed by atoms with Crippen molar-refractivity contribution in [2.45, 2.75) is 72.5 Å². The van der Waals surface area contributed by atoms with Gasteiger partial charge in [0.1, 0.15) is 5.78 Å². The Kier molecular flexibility index (Phi) is 5.57. The highest BCUT2D eigenvalue weighted by Crippen LogP contribution is 2.22. The summed E-state index contributed by atoms with van der Waals surface area (Å²) in [5, 5.41) is 0. The van der Waals surface area contributed by atoms with Gasteiger partial charge < -0.3 is 4.74 Å². The molecule has 0 aromatic carbocycles. The van der Waals surface area contributed by atoms with Crippen LogP contribution < -0.4 is 0 Å². The predicted octanol–water partition coefficient (Wildman–Crippen LogP) is 3.27. The second kappa shape index (κ2) is 6.36. The lowest BCUT2D eigenvalue weighted by atomic mass is 9.90. The van der Waals surface area contributed by atoms with Gasteiger partial charge in [0.05, 0.1) is 18.2 Å². The molecule has 3 nitrogen and oxygen atoms in total. The number of ketones is 1. The molecule has 0 N–H and O–H groups in total. The van der Waals surface area contributed by atoms with Crippen molar-refractivity contribution in [1.82, 2.24) is 4.90 Å². The van der Waals surface area contributed by atoms with Crippen LogP contribution in [-0.4, -0.2) is 42.0 Å². The molecule has 0 saturated carbocycles. The number of ether oxygens (including phenoxy) is 1. The number of nitrogens with zero attached hydrogens (tertiary/aromatic N) is 1.